The van der Waals surface area contributed by atoms with Gasteiger partial charge in [-0.25, -0.2) is 0 Å². The number of halogens is 1. The van der Waals surface area contributed by atoms with Crippen molar-refractivity contribution in [2.45, 2.75) is 39.8 Å². The first-order valence-electron chi connectivity index (χ1n) is 7.16. The molecule has 0 saturated heterocycles. The Kier molecular flexibility index (Phi) is 5.85. The third kappa shape index (κ3) is 4.31. The van der Waals surface area contributed by atoms with E-state index in [1.54, 1.807) is 0 Å². The molecule has 0 spiro atoms. The zero-order valence-electron chi connectivity index (χ0n) is 13.0. The van der Waals surface area contributed by atoms with Crippen molar-refractivity contribution >= 4 is 27.3 Å². The Bertz CT molecular complexity index is 607. The normalized spacial score (nSPS) is 11.1. The standard InChI is InChI=1S/C17H22BrNOS/c1-11(2)16-8-14(18)5-6-17(16)20-10-13-7-15(9-19-4)21-12(13)3/h5-8,11,19H,9-10H2,1-4H3. The van der Waals surface area contributed by atoms with Crippen LogP contribution >= 0.6 is 27.3 Å². The quantitative estimate of drug-likeness (QED) is 0.753. The van der Waals surface area contributed by atoms with Gasteiger partial charge in [-0.15, -0.1) is 11.3 Å². The van der Waals surface area contributed by atoms with E-state index in [1.807, 2.05) is 24.5 Å². The molecule has 21 heavy (non-hydrogen) atoms. The topological polar surface area (TPSA) is 21.3 Å². The molecular weight excluding hydrogens is 346 g/mol. The lowest BCUT2D eigenvalue weighted by molar-refractivity contribution is 0.301. The minimum atomic E-state index is 0.445. The third-order valence-electron chi connectivity index (χ3n) is 3.40. The van der Waals surface area contributed by atoms with Gasteiger partial charge >= 0.3 is 0 Å². The third-order valence-corrected chi connectivity index (χ3v) is 4.99. The van der Waals surface area contributed by atoms with Gasteiger partial charge in [0.2, 0.25) is 0 Å². The van der Waals surface area contributed by atoms with Crippen LogP contribution in [-0.4, -0.2) is 7.05 Å². The van der Waals surface area contributed by atoms with Gasteiger partial charge in [0.1, 0.15) is 12.4 Å². The number of benzene rings is 1. The smallest absolute Gasteiger partial charge is 0.123 e. The highest BCUT2D eigenvalue weighted by atomic mass is 79.9. The highest BCUT2D eigenvalue weighted by molar-refractivity contribution is 9.10. The molecule has 2 rings (SSSR count). The van der Waals surface area contributed by atoms with Crippen LogP contribution in [0.15, 0.2) is 28.7 Å². The van der Waals surface area contributed by atoms with Gasteiger partial charge in [0.25, 0.3) is 0 Å². The van der Waals surface area contributed by atoms with Crippen molar-refractivity contribution in [3.63, 3.8) is 0 Å². The minimum Gasteiger partial charge on any atom is -0.489 e. The van der Waals surface area contributed by atoms with Crippen molar-refractivity contribution in [3.05, 3.63) is 49.6 Å². The molecule has 0 atom stereocenters. The Morgan fingerprint density at radius 2 is 2.05 bits per heavy atom. The first-order valence-corrected chi connectivity index (χ1v) is 8.77. The number of hydrogen-bond donors (Lipinski definition) is 1. The van der Waals surface area contributed by atoms with Gasteiger partial charge in [-0.05, 0) is 49.7 Å². The summed E-state index contributed by atoms with van der Waals surface area (Å²) in [7, 11) is 1.97. The molecule has 2 nitrogen and oxygen atoms in total. The second-order valence-electron chi connectivity index (χ2n) is 5.45. The van der Waals surface area contributed by atoms with Crippen LogP contribution in [0.25, 0.3) is 0 Å². The lowest BCUT2D eigenvalue weighted by Gasteiger charge is -2.14. The number of nitrogens with one attached hydrogen (secondary N) is 1. The molecule has 2 aromatic rings. The van der Waals surface area contributed by atoms with Gasteiger partial charge in [0.05, 0.1) is 0 Å². The fourth-order valence-electron chi connectivity index (χ4n) is 2.25. The van der Waals surface area contributed by atoms with E-state index in [0.29, 0.717) is 12.5 Å². The molecule has 0 aliphatic heterocycles. The Hall–Kier alpha value is -0.840. The minimum absolute atomic E-state index is 0.445. The zero-order chi connectivity index (χ0) is 15.4. The summed E-state index contributed by atoms with van der Waals surface area (Å²) in [5, 5.41) is 3.19. The zero-order valence-corrected chi connectivity index (χ0v) is 15.4. The van der Waals surface area contributed by atoms with E-state index in [1.165, 1.54) is 20.9 Å². The number of hydrogen-bond acceptors (Lipinski definition) is 3. The predicted molar refractivity (Wildman–Crippen MR) is 94.4 cm³/mol. The average Bonchev–Trinajstić information content (AvgIpc) is 2.78. The highest BCUT2D eigenvalue weighted by Gasteiger charge is 2.11. The van der Waals surface area contributed by atoms with Gasteiger partial charge in [0.15, 0.2) is 0 Å². The van der Waals surface area contributed by atoms with E-state index in [4.69, 9.17) is 4.74 Å². The summed E-state index contributed by atoms with van der Waals surface area (Å²) in [6, 6.07) is 8.47. The first kappa shape index (κ1) is 16.5. The predicted octanol–water partition coefficient (Wildman–Crippen LogP) is 5.24. The molecule has 0 amide bonds. The van der Waals surface area contributed by atoms with Gasteiger partial charge in [0, 0.05) is 26.3 Å². The molecule has 114 valence electrons. The Labute approximate surface area is 139 Å². The summed E-state index contributed by atoms with van der Waals surface area (Å²) in [6.45, 7) is 8.09. The van der Waals surface area contributed by atoms with Crippen LogP contribution in [0.2, 0.25) is 0 Å². The molecule has 1 aromatic heterocycles. The van der Waals surface area contributed by atoms with E-state index >= 15 is 0 Å². The van der Waals surface area contributed by atoms with Gasteiger partial charge in [-0.2, -0.15) is 0 Å². The lowest BCUT2D eigenvalue weighted by atomic mass is 10.0. The largest absolute Gasteiger partial charge is 0.489 e. The van der Waals surface area contributed by atoms with Crippen molar-refractivity contribution in [2.24, 2.45) is 0 Å². The molecule has 0 saturated carbocycles. The summed E-state index contributed by atoms with van der Waals surface area (Å²) < 4.78 is 7.18. The van der Waals surface area contributed by atoms with Gasteiger partial charge < -0.3 is 10.1 Å². The first-order chi connectivity index (χ1) is 10.0. The maximum atomic E-state index is 6.08. The van der Waals surface area contributed by atoms with Crippen LogP contribution in [0.3, 0.4) is 0 Å². The maximum Gasteiger partial charge on any atom is 0.123 e. The molecule has 1 N–H and O–H groups in total. The van der Waals surface area contributed by atoms with Crippen molar-refractivity contribution in [1.82, 2.24) is 5.32 Å². The highest BCUT2D eigenvalue weighted by Crippen LogP contribution is 2.31. The SMILES string of the molecule is CNCc1cc(COc2ccc(Br)cc2C(C)C)c(C)s1. The van der Waals surface area contributed by atoms with E-state index < -0.39 is 0 Å². The molecule has 0 fully saturated rings. The fraction of sp³-hybridized carbons (Fsp3) is 0.412. The van der Waals surface area contributed by atoms with Crippen molar-refractivity contribution in [3.8, 4) is 5.75 Å². The van der Waals surface area contributed by atoms with Crippen LogP contribution in [0.4, 0.5) is 0 Å². The summed E-state index contributed by atoms with van der Waals surface area (Å²) in [5.41, 5.74) is 2.52. The summed E-state index contributed by atoms with van der Waals surface area (Å²) in [6.07, 6.45) is 0. The summed E-state index contributed by atoms with van der Waals surface area (Å²) in [4.78, 5) is 2.69. The Morgan fingerprint density at radius 3 is 2.71 bits per heavy atom. The van der Waals surface area contributed by atoms with Crippen molar-refractivity contribution in [1.29, 1.82) is 0 Å². The molecule has 1 heterocycles. The van der Waals surface area contributed by atoms with E-state index in [-0.39, 0.29) is 0 Å². The van der Waals surface area contributed by atoms with Crippen molar-refractivity contribution < 1.29 is 4.74 Å². The van der Waals surface area contributed by atoms with E-state index in [2.05, 4.69) is 60.2 Å². The molecule has 0 unspecified atom stereocenters. The van der Waals surface area contributed by atoms with Crippen LogP contribution in [0.5, 0.6) is 5.75 Å². The molecule has 1 aromatic carbocycles. The second kappa shape index (κ2) is 7.43. The molecule has 0 radical (unpaired) electrons. The Balaban J connectivity index is 2.13. The molecular formula is C17H22BrNOS. The van der Waals surface area contributed by atoms with E-state index in [0.717, 1.165) is 16.8 Å². The molecule has 0 aliphatic carbocycles. The molecule has 0 bridgehead atoms. The number of ether oxygens (including phenoxy) is 1. The maximum absolute atomic E-state index is 6.08. The number of aryl methyl sites for hydroxylation is 1. The second-order valence-corrected chi connectivity index (χ2v) is 7.71. The molecule has 0 aliphatic rings. The van der Waals surface area contributed by atoms with Crippen LogP contribution < -0.4 is 10.1 Å². The fourth-order valence-corrected chi connectivity index (χ4v) is 3.69. The van der Waals surface area contributed by atoms with Crippen molar-refractivity contribution in [2.75, 3.05) is 7.05 Å². The van der Waals surface area contributed by atoms with Crippen LogP contribution in [-0.2, 0) is 13.2 Å². The summed E-state index contributed by atoms with van der Waals surface area (Å²) in [5.74, 6) is 1.43. The van der Waals surface area contributed by atoms with Crippen LogP contribution in [0, 0.1) is 6.92 Å². The van der Waals surface area contributed by atoms with Gasteiger partial charge in [-0.1, -0.05) is 29.8 Å². The number of thiophene rings is 1. The van der Waals surface area contributed by atoms with Gasteiger partial charge in [-0.3, -0.25) is 0 Å². The number of rotatable bonds is 6. The molecule has 4 heteroatoms. The lowest BCUT2D eigenvalue weighted by Crippen LogP contribution is -2.03. The monoisotopic (exact) mass is 367 g/mol. The van der Waals surface area contributed by atoms with E-state index in [9.17, 15) is 0 Å². The summed E-state index contributed by atoms with van der Waals surface area (Å²) >= 11 is 5.37. The Morgan fingerprint density at radius 1 is 1.29 bits per heavy atom. The average molecular weight is 368 g/mol. The van der Waals surface area contributed by atoms with Crippen LogP contribution in [0.1, 0.15) is 40.6 Å².